The summed E-state index contributed by atoms with van der Waals surface area (Å²) in [5, 5.41) is 37.5. The fourth-order valence-electron chi connectivity index (χ4n) is 6.34. The van der Waals surface area contributed by atoms with Crippen molar-refractivity contribution in [2.45, 2.75) is 93.2 Å². The van der Waals surface area contributed by atoms with E-state index in [1.165, 1.54) is 0 Å². The van der Waals surface area contributed by atoms with Gasteiger partial charge in [0.1, 0.15) is 36.2 Å². The van der Waals surface area contributed by atoms with Crippen molar-refractivity contribution < 1.29 is 75.7 Å². The Balaban J connectivity index is 1.02. The molecule has 0 radical (unpaired) electrons. The molecule has 0 aromatic carbocycles. The van der Waals surface area contributed by atoms with Gasteiger partial charge in [-0.1, -0.05) is 18.8 Å². The van der Waals surface area contributed by atoms with Crippen molar-refractivity contribution in [1.29, 1.82) is 0 Å². The van der Waals surface area contributed by atoms with E-state index in [0.717, 1.165) is 36.0 Å². The first-order valence-electron chi connectivity index (χ1n) is 17.8. The van der Waals surface area contributed by atoms with Crippen LogP contribution in [0, 0.1) is 11.8 Å². The second-order valence-electron chi connectivity index (χ2n) is 13.3. The number of thioether (sulfide) groups is 1. The summed E-state index contributed by atoms with van der Waals surface area (Å²) in [6, 6.07) is 0.232. The number of nitrogens with zero attached hydrogens (tertiary/aromatic N) is 4. The Hall–Kier alpha value is -3.24. The minimum atomic E-state index is -5.80. The Bertz CT molecular complexity index is 2030. The van der Waals surface area contributed by atoms with Crippen molar-refractivity contribution in [1.82, 2.24) is 41.0 Å². The van der Waals surface area contributed by atoms with Crippen LogP contribution in [-0.2, 0) is 41.2 Å². The van der Waals surface area contributed by atoms with E-state index in [2.05, 4.69) is 61.3 Å². The largest absolute Gasteiger partial charge is 0.490 e. The molecule has 5 heterocycles. The molecular formula is C29H44N9O16P3S. The molecule has 2 aromatic heterocycles. The molecule has 12 N–H and O–H groups in total. The zero-order valence-corrected chi connectivity index (χ0v) is 34.0. The highest BCUT2D eigenvalue weighted by Gasteiger charge is 2.48. The number of aliphatic hydroxyl groups is 2. The van der Waals surface area contributed by atoms with Gasteiger partial charge in [-0.2, -0.15) is 25.5 Å². The first-order valence-corrected chi connectivity index (χ1v) is 23.4. The molecule has 0 saturated carbocycles. The van der Waals surface area contributed by atoms with Gasteiger partial charge in [0, 0.05) is 30.4 Å². The van der Waals surface area contributed by atoms with Crippen molar-refractivity contribution >= 4 is 69.9 Å². The number of aliphatic hydroxyl groups excluding tert-OH is 2. The van der Waals surface area contributed by atoms with E-state index in [0.29, 0.717) is 37.5 Å². The normalized spacial score (nSPS) is 26.2. The molecule has 3 aliphatic rings. The molecule has 0 aliphatic carbocycles. The van der Waals surface area contributed by atoms with Crippen LogP contribution in [0.25, 0.3) is 11.0 Å². The average molecular weight is 900 g/mol. The highest BCUT2D eigenvalue weighted by molar-refractivity contribution is 8.00. The quantitative estimate of drug-likeness (QED) is 0.0337. The number of nitrogens with one attached hydrogen (secondary N) is 4. The lowest BCUT2D eigenvalue weighted by Gasteiger charge is -2.19. The summed E-state index contributed by atoms with van der Waals surface area (Å²) in [6.07, 6.45) is -0.348. The van der Waals surface area contributed by atoms with Gasteiger partial charge < -0.3 is 61.5 Å². The van der Waals surface area contributed by atoms with E-state index in [1.807, 2.05) is 11.8 Å². The van der Waals surface area contributed by atoms with Crippen LogP contribution in [0.15, 0.2) is 6.33 Å². The van der Waals surface area contributed by atoms with Crippen LogP contribution >= 0.6 is 35.2 Å². The van der Waals surface area contributed by atoms with Crippen molar-refractivity contribution in [3.63, 3.8) is 0 Å². The first-order chi connectivity index (χ1) is 27.3. The van der Waals surface area contributed by atoms with Crippen LogP contribution in [0.4, 0.5) is 10.6 Å². The molecule has 5 rings (SSSR count). The third kappa shape index (κ3) is 12.9. The van der Waals surface area contributed by atoms with Gasteiger partial charge >= 0.3 is 29.5 Å². The highest BCUT2D eigenvalue weighted by atomic mass is 32.2. The summed E-state index contributed by atoms with van der Waals surface area (Å²) >= 11 is 1.85. The minimum Gasteiger partial charge on any atom is -0.387 e. The zero-order chi connectivity index (χ0) is 42.3. The number of nitrogens with two attached hydrogens (primary N) is 1. The molecule has 25 nitrogen and oxygen atoms in total. The Labute approximate surface area is 334 Å². The standard InChI is InChI=1S/C29H44N9O16P3S/c30-26-22-16(7-6-12-32-20(39)9-2-1-5-11-31-21(40)10-4-3-8-19-23-17(14-58-19)35-29(43)36-23)37-38(27(22)34-15-33-26)28-25(42)24(41)18(52-28)13-51-56(47,48)54-57(49,50)53-55(44,45)46/h15,17-19,23-25,28,41-42H,1-5,8-14H2,(H,31,40)(H,32,39)(H,47,48)(H,49,50)(H2,30,33,34)(H2,35,36,43)(H2,44,45,46)/t17-,18+,19?,23-,24+,25+,28+/m0/s1. The summed E-state index contributed by atoms with van der Waals surface area (Å²) < 4.78 is 53.0. The number of nitrogen functional groups attached to an aromatic ring is 1. The molecule has 58 heavy (non-hydrogen) atoms. The van der Waals surface area contributed by atoms with Crippen LogP contribution in [0.1, 0.15) is 63.3 Å². The lowest BCUT2D eigenvalue weighted by atomic mass is 10.0. The van der Waals surface area contributed by atoms with Gasteiger partial charge in [-0.15, -0.1) is 0 Å². The molecule has 4 amide bonds. The molecule has 3 fully saturated rings. The smallest absolute Gasteiger partial charge is 0.387 e. The van der Waals surface area contributed by atoms with Crippen LogP contribution < -0.4 is 27.0 Å². The van der Waals surface area contributed by atoms with E-state index >= 15 is 0 Å². The monoisotopic (exact) mass is 899 g/mol. The van der Waals surface area contributed by atoms with Gasteiger partial charge in [-0.3, -0.25) is 14.1 Å². The number of aromatic nitrogens is 4. The first kappa shape index (κ1) is 45.8. The number of phosphoric ester groups is 1. The number of hydrogen-bond acceptors (Lipinski definition) is 17. The predicted molar refractivity (Wildman–Crippen MR) is 201 cm³/mol. The molecule has 29 heteroatoms. The number of unbranched alkanes of at least 4 members (excludes halogenated alkanes) is 3. The van der Waals surface area contributed by atoms with Crippen LogP contribution in [0.5, 0.6) is 0 Å². The van der Waals surface area contributed by atoms with Crippen molar-refractivity contribution in [3.8, 4) is 11.8 Å². The summed E-state index contributed by atoms with van der Waals surface area (Å²) in [7, 11) is -17.0. The third-order valence-corrected chi connectivity index (χ3v) is 14.3. The Morgan fingerprint density at radius 2 is 1.71 bits per heavy atom. The molecule has 322 valence electrons. The number of hydrogen-bond donors (Lipinski definition) is 11. The highest BCUT2D eigenvalue weighted by Crippen LogP contribution is 2.66. The summed E-state index contributed by atoms with van der Waals surface area (Å²) in [5.41, 5.74) is 6.05. The Kier molecular flexibility index (Phi) is 15.7. The molecular weight excluding hydrogens is 855 g/mol. The van der Waals surface area contributed by atoms with Crippen LogP contribution in [-0.4, -0.2) is 128 Å². The fourth-order valence-corrected chi connectivity index (χ4v) is 10.9. The maximum Gasteiger partial charge on any atom is 0.490 e. The van der Waals surface area contributed by atoms with Crippen molar-refractivity contribution in [3.05, 3.63) is 12.0 Å². The number of ether oxygens (including phenoxy) is 1. The Morgan fingerprint density at radius 3 is 2.45 bits per heavy atom. The van der Waals surface area contributed by atoms with Crippen LogP contribution in [0.3, 0.4) is 0 Å². The Morgan fingerprint density at radius 1 is 0.983 bits per heavy atom. The van der Waals surface area contributed by atoms with Gasteiger partial charge in [0.15, 0.2) is 11.9 Å². The molecule has 9 atom stereocenters. The molecule has 0 bridgehead atoms. The van der Waals surface area contributed by atoms with E-state index in [4.69, 9.17) is 20.3 Å². The van der Waals surface area contributed by atoms with Crippen molar-refractivity contribution in [2.24, 2.45) is 0 Å². The van der Waals surface area contributed by atoms with E-state index in [-0.39, 0.29) is 65.4 Å². The molecule has 2 aromatic rings. The number of urea groups is 1. The maximum atomic E-state index is 12.4. The zero-order valence-electron chi connectivity index (χ0n) is 30.5. The van der Waals surface area contributed by atoms with Crippen LogP contribution in [0.2, 0.25) is 0 Å². The second-order valence-corrected chi connectivity index (χ2v) is 19.0. The van der Waals surface area contributed by atoms with Gasteiger partial charge in [0.25, 0.3) is 0 Å². The predicted octanol–water partition coefficient (Wildman–Crippen LogP) is -0.759. The SMILES string of the molecule is Nc1ncnc2c1c(C#CCNC(=O)CCCCCNC(=O)CCCCC1SC[C@@H]3NC(=O)N[C@H]13)nn2[C@@H]1O[C@H](COP(=O)(O)OP(=O)(O)OP(=O)(O)O)[C@@H](O)[C@H]1O. The lowest BCUT2D eigenvalue weighted by molar-refractivity contribution is -0.122. The average Bonchev–Trinajstić information content (AvgIpc) is 3.86. The number of fused-ring (bicyclic) bond motifs is 2. The number of carbonyl (C=O) groups is 3. The van der Waals surface area contributed by atoms with Gasteiger partial charge in [-0.25, -0.2) is 33.1 Å². The van der Waals surface area contributed by atoms with E-state index in [1.54, 1.807) is 0 Å². The number of amides is 4. The molecule has 3 saturated heterocycles. The molecule has 0 spiro atoms. The van der Waals surface area contributed by atoms with Crippen molar-refractivity contribution in [2.75, 3.05) is 31.2 Å². The van der Waals surface area contributed by atoms with Gasteiger partial charge in [0.2, 0.25) is 11.8 Å². The number of rotatable bonds is 20. The summed E-state index contributed by atoms with van der Waals surface area (Å²) in [4.78, 5) is 80.5. The van der Waals surface area contributed by atoms with E-state index in [9.17, 15) is 48.1 Å². The molecule has 3 unspecified atom stereocenters. The number of anilines is 1. The number of phosphoric acid groups is 3. The number of carbonyl (C=O) groups excluding carboxylic acids is 3. The fraction of sp³-hybridized carbons (Fsp3) is 0.655. The maximum absolute atomic E-state index is 12.4. The topological polar surface area (TPSA) is 378 Å². The second kappa shape index (κ2) is 19.9. The molecule has 3 aliphatic heterocycles. The minimum absolute atomic E-state index is 0.00228. The van der Waals surface area contributed by atoms with E-state index < -0.39 is 54.6 Å². The lowest BCUT2D eigenvalue weighted by Crippen LogP contribution is -2.36. The summed E-state index contributed by atoms with van der Waals surface area (Å²) in [6.45, 7) is -0.626. The summed E-state index contributed by atoms with van der Waals surface area (Å²) in [5.74, 6) is 6.05. The third-order valence-electron chi connectivity index (χ3n) is 8.98. The van der Waals surface area contributed by atoms with Gasteiger partial charge in [-0.05, 0) is 31.6 Å². The van der Waals surface area contributed by atoms with Gasteiger partial charge in [0.05, 0.1) is 30.6 Å².